The van der Waals surface area contributed by atoms with Crippen molar-refractivity contribution in [2.45, 2.75) is 23.9 Å². The van der Waals surface area contributed by atoms with Crippen molar-refractivity contribution in [3.63, 3.8) is 0 Å². The first kappa shape index (κ1) is 17.3. The summed E-state index contributed by atoms with van der Waals surface area (Å²) in [6.07, 6.45) is 2.55. The van der Waals surface area contributed by atoms with E-state index in [-0.39, 0.29) is 11.9 Å². The lowest BCUT2D eigenvalue weighted by Crippen LogP contribution is -2.37. The summed E-state index contributed by atoms with van der Waals surface area (Å²) in [5.41, 5.74) is 2.39. The summed E-state index contributed by atoms with van der Waals surface area (Å²) in [6.45, 7) is 2.66. The molecular formula is C20H22N2O3S. The number of amides is 1. The van der Waals surface area contributed by atoms with Crippen LogP contribution in [0.4, 0.5) is 0 Å². The summed E-state index contributed by atoms with van der Waals surface area (Å²) >= 11 is 0. The zero-order valence-electron chi connectivity index (χ0n) is 14.3. The second-order valence-corrected chi connectivity index (χ2v) is 8.69. The van der Waals surface area contributed by atoms with Crippen molar-refractivity contribution < 1.29 is 13.9 Å². The van der Waals surface area contributed by atoms with E-state index in [2.05, 4.69) is 22.3 Å². The second kappa shape index (κ2) is 6.89. The fraction of sp³-hybridized carbons (Fsp3) is 0.250. The molecule has 2 aliphatic rings. The fourth-order valence-electron chi connectivity index (χ4n) is 3.61. The summed E-state index contributed by atoms with van der Waals surface area (Å²) in [6, 6.07) is 15.5. The van der Waals surface area contributed by atoms with Crippen LogP contribution in [0.1, 0.15) is 27.9 Å². The molecule has 0 saturated carbocycles. The summed E-state index contributed by atoms with van der Waals surface area (Å²) in [4.78, 5) is 15.5. The van der Waals surface area contributed by atoms with Crippen molar-refractivity contribution in [3.05, 3.63) is 70.6 Å². The molecule has 2 aromatic rings. The molecule has 3 N–H and O–H groups in total. The summed E-state index contributed by atoms with van der Waals surface area (Å²) in [5.74, 6) is -0.157. The lowest BCUT2D eigenvalue weighted by atomic mass is 10.1. The molecule has 6 heteroatoms. The number of carbonyl (C=O) groups excluding carboxylic acids is 1. The van der Waals surface area contributed by atoms with Gasteiger partial charge in [0.05, 0.1) is 4.90 Å². The van der Waals surface area contributed by atoms with Crippen LogP contribution >= 0.6 is 10.6 Å². The van der Waals surface area contributed by atoms with Gasteiger partial charge >= 0.3 is 0 Å². The standard InChI is InChI=1S/C20H22N2O3S/c23-20(18-7-4-8-19-17(18)10-12-26(19,24)25)21-16-9-11-22(14-16)13-15-5-2-1-3-6-15/h1-8,10,12,16,24-25H,9,11,13-14H2,(H,21,23)/t16-/m1/s1. The molecule has 4 rings (SSSR count). The average Bonchev–Trinajstić information content (AvgIpc) is 3.20. The maximum absolute atomic E-state index is 12.7. The number of likely N-dealkylation sites (tertiary alicyclic amines) is 1. The van der Waals surface area contributed by atoms with Crippen molar-refractivity contribution in [1.82, 2.24) is 10.2 Å². The average molecular weight is 370 g/mol. The van der Waals surface area contributed by atoms with Gasteiger partial charge < -0.3 is 5.32 Å². The topological polar surface area (TPSA) is 72.8 Å². The molecule has 1 fully saturated rings. The lowest BCUT2D eigenvalue weighted by molar-refractivity contribution is 0.0937. The highest BCUT2D eigenvalue weighted by Gasteiger charge is 2.28. The normalized spacial score (nSPS) is 22.2. The van der Waals surface area contributed by atoms with E-state index in [1.807, 2.05) is 18.2 Å². The van der Waals surface area contributed by atoms with Gasteiger partial charge in [0.2, 0.25) is 0 Å². The third-order valence-electron chi connectivity index (χ3n) is 4.92. The van der Waals surface area contributed by atoms with E-state index in [4.69, 9.17) is 0 Å². The van der Waals surface area contributed by atoms with E-state index in [0.29, 0.717) is 16.0 Å². The first-order chi connectivity index (χ1) is 12.5. The molecule has 0 aromatic heterocycles. The summed E-state index contributed by atoms with van der Waals surface area (Å²) in [7, 11) is -2.90. The number of hydrogen-bond donors (Lipinski definition) is 3. The van der Waals surface area contributed by atoms with Crippen LogP contribution in [-0.2, 0) is 6.54 Å². The van der Waals surface area contributed by atoms with Crippen LogP contribution in [0.15, 0.2) is 58.8 Å². The molecule has 0 unspecified atom stereocenters. The number of fused-ring (bicyclic) bond motifs is 1. The molecule has 1 saturated heterocycles. The van der Waals surface area contributed by atoms with E-state index in [1.54, 1.807) is 24.3 Å². The van der Waals surface area contributed by atoms with Crippen molar-refractivity contribution in [1.29, 1.82) is 0 Å². The summed E-state index contributed by atoms with van der Waals surface area (Å²) < 4.78 is 20.1. The maximum atomic E-state index is 12.7. The van der Waals surface area contributed by atoms with Gasteiger partial charge in [0.15, 0.2) is 0 Å². The molecule has 5 nitrogen and oxygen atoms in total. The van der Waals surface area contributed by atoms with Gasteiger partial charge in [0.25, 0.3) is 5.91 Å². The van der Waals surface area contributed by atoms with Crippen molar-refractivity contribution >= 4 is 22.6 Å². The third-order valence-corrected chi connectivity index (χ3v) is 6.43. The van der Waals surface area contributed by atoms with E-state index < -0.39 is 10.6 Å². The Balaban J connectivity index is 1.41. The highest BCUT2D eigenvalue weighted by atomic mass is 32.3. The van der Waals surface area contributed by atoms with Gasteiger partial charge in [-0.25, -0.2) is 0 Å². The number of rotatable bonds is 4. The zero-order chi connectivity index (χ0) is 18.1. The molecule has 2 aliphatic heterocycles. The van der Waals surface area contributed by atoms with Crippen LogP contribution in [0, 0.1) is 0 Å². The molecule has 136 valence electrons. The van der Waals surface area contributed by atoms with Gasteiger partial charge in [-0.15, -0.1) is 10.6 Å². The Morgan fingerprint density at radius 2 is 1.96 bits per heavy atom. The van der Waals surface area contributed by atoms with Crippen LogP contribution < -0.4 is 5.32 Å². The number of carbonyl (C=O) groups is 1. The minimum atomic E-state index is -2.90. The van der Waals surface area contributed by atoms with E-state index in [9.17, 15) is 13.9 Å². The maximum Gasteiger partial charge on any atom is 0.252 e. The van der Waals surface area contributed by atoms with Gasteiger partial charge in [-0.3, -0.25) is 18.8 Å². The predicted octanol–water partition coefficient (Wildman–Crippen LogP) is 3.78. The molecule has 0 bridgehead atoms. The van der Waals surface area contributed by atoms with E-state index >= 15 is 0 Å². The Bertz CT molecular complexity index is 851. The molecule has 2 heterocycles. The van der Waals surface area contributed by atoms with Crippen LogP contribution in [0.5, 0.6) is 0 Å². The fourth-order valence-corrected chi connectivity index (χ4v) is 4.86. The first-order valence-corrected chi connectivity index (χ1v) is 10.3. The quantitative estimate of drug-likeness (QED) is 0.766. The van der Waals surface area contributed by atoms with E-state index in [1.165, 1.54) is 11.0 Å². The minimum absolute atomic E-state index is 0.104. The molecule has 0 radical (unpaired) electrons. The predicted molar refractivity (Wildman–Crippen MR) is 104 cm³/mol. The van der Waals surface area contributed by atoms with Gasteiger partial charge in [-0.1, -0.05) is 36.4 Å². The van der Waals surface area contributed by atoms with Crippen molar-refractivity contribution in [3.8, 4) is 0 Å². The van der Waals surface area contributed by atoms with Crippen molar-refractivity contribution in [2.75, 3.05) is 13.1 Å². The second-order valence-electron chi connectivity index (χ2n) is 6.79. The Hall–Kier alpha value is -2.12. The zero-order valence-corrected chi connectivity index (χ0v) is 15.2. The van der Waals surface area contributed by atoms with Crippen LogP contribution in [0.25, 0.3) is 6.08 Å². The largest absolute Gasteiger partial charge is 0.348 e. The van der Waals surface area contributed by atoms with Crippen LogP contribution in [0.3, 0.4) is 0 Å². The monoisotopic (exact) mass is 370 g/mol. The molecule has 0 spiro atoms. The molecule has 26 heavy (non-hydrogen) atoms. The SMILES string of the molecule is O=C(N[C@@H]1CCN(Cc2ccccc2)C1)c1cccc2c1C=CS2(O)O. The minimum Gasteiger partial charge on any atom is -0.348 e. The van der Waals surface area contributed by atoms with Gasteiger partial charge in [0.1, 0.15) is 0 Å². The summed E-state index contributed by atoms with van der Waals surface area (Å²) in [5, 5.41) is 4.48. The van der Waals surface area contributed by atoms with Gasteiger partial charge in [-0.2, -0.15) is 0 Å². The molecule has 2 aromatic carbocycles. The Morgan fingerprint density at radius 3 is 2.77 bits per heavy atom. The Labute approximate surface area is 154 Å². The highest BCUT2D eigenvalue weighted by Crippen LogP contribution is 2.56. The van der Waals surface area contributed by atoms with Gasteiger partial charge in [-0.05, 0) is 30.2 Å². The highest BCUT2D eigenvalue weighted by molar-refractivity contribution is 8.27. The molecule has 0 aliphatic carbocycles. The lowest BCUT2D eigenvalue weighted by Gasteiger charge is -2.25. The molecule has 1 amide bonds. The molecular weight excluding hydrogens is 348 g/mol. The Morgan fingerprint density at radius 1 is 1.15 bits per heavy atom. The van der Waals surface area contributed by atoms with Crippen LogP contribution in [-0.4, -0.2) is 39.0 Å². The number of hydrogen-bond acceptors (Lipinski definition) is 4. The van der Waals surface area contributed by atoms with E-state index in [0.717, 1.165) is 26.1 Å². The van der Waals surface area contributed by atoms with Gasteiger partial charge in [0, 0.05) is 42.2 Å². The number of benzene rings is 2. The van der Waals surface area contributed by atoms with Crippen LogP contribution in [0.2, 0.25) is 0 Å². The first-order valence-electron chi connectivity index (χ1n) is 8.69. The van der Waals surface area contributed by atoms with Crippen molar-refractivity contribution in [2.24, 2.45) is 0 Å². The number of nitrogens with one attached hydrogen (secondary N) is 1. The Kier molecular flexibility index (Phi) is 4.58. The molecule has 1 atom stereocenters. The smallest absolute Gasteiger partial charge is 0.252 e. The third kappa shape index (κ3) is 3.41. The number of nitrogens with zero attached hydrogens (tertiary/aromatic N) is 1.